The molecule has 2 aromatic rings. The fraction of sp³-hybridized carbons (Fsp3) is 0.481. The molecule has 0 fully saturated rings. The van der Waals surface area contributed by atoms with Crippen LogP contribution in [-0.4, -0.2) is 38.5 Å². The smallest absolute Gasteiger partial charge is 0.312 e. The molecule has 5 nitrogen and oxygen atoms in total. The van der Waals surface area contributed by atoms with Crippen LogP contribution >= 0.6 is 0 Å². The quantitative estimate of drug-likeness (QED) is 0.373. The molecule has 180 valence electrons. The van der Waals surface area contributed by atoms with Crippen molar-refractivity contribution in [1.29, 1.82) is 0 Å². The Morgan fingerprint density at radius 1 is 0.879 bits per heavy atom. The van der Waals surface area contributed by atoms with Gasteiger partial charge in [-0.15, -0.1) is 0 Å². The van der Waals surface area contributed by atoms with Crippen molar-refractivity contribution < 1.29 is 19.1 Å². The lowest BCUT2D eigenvalue weighted by atomic mass is 9.97. The Labute approximate surface area is 199 Å². The van der Waals surface area contributed by atoms with Crippen LogP contribution < -0.4 is 5.32 Å². The van der Waals surface area contributed by atoms with E-state index in [1.165, 1.54) is 0 Å². The molecule has 0 radical (unpaired) electrons. The first kappa shape index (κ1) is 26.8. The number of hydrogen-bond acceptors (Lipinski definition) is 3. The van der Waals surface area contributed by atoms with Gasteiger partial charge in [-0.1, -0.05) is 84.0 Å². The van der Waals surface area contributed by atoms with Gasteiger partial charge in [0, 0.05) is 18.7 Å². The SMILES string of the molecule is CC(C)[Si](OCCc1ccc([C@H](CNC(=O)c2ccccc2)C(=O)O)cc1)(C(C)C)C(C)C. The number of benzene rings is 2. The summed E-state index contributed by atoms with van der Waals surface area (Å²) in [6, 6.07) is 16.4. The van der Waals surface area contributed by atoms with Crippen molar-refractivity contribution >= 4 is 20.2 Å². The predicted octanol–water partition coefficient (Wildman–Crippen LogP) is 6.02. The van der Waals surface area contributed by atoms with Crippen LogP contribution in [0.1, 0.15) is 68.9 Å². The Morgan fingerprint density at radius 2 is 1.42 bits per heavy atom. The lowest BCUT2D eigenvalue weighted by molar-refractivity contribution is -0.138. The standard InChI is InChI=1S/C27H39NO4Si/c1-19(2)33(20(3)4,21(5)6)32-17-16-22-12-14-23(15-13-22)25(27(30)31)18-28-26(29)24-10-8-7-9-11-24/h7-15,19-21,25H,16-18H2,1-6H3,(H,28,29)(H,30,31)/t25-/m0/s1. The Balaban J connectivity index is 2.00. The van der Waals surface area contributed by atoms with Crippen molar-refractivity contribution in [2.45, 2.75) is 70.5 Å². The molecule has 0 saturated carbocycles. The highest BCUT2D eigenvalue weighted by Gasteiger charge is 2.44. The summed E-state index contributed by atoms with van der Waals surface area (Å²) in [5.74, 6) is -2.03. The van der Waals surface area contributed by atoms with Crippen molar-refractivity contribution in [3.05, 3.63) is 71.3 Å². The highest BCUT2D eigenvalue weighted by atomic mass is 28.4. The van der Waals surface area contributed by atoms with Crippen LogP contribution in [0.3, 0.4) is 0 Å². The van der Waals surface area contributed by atoms with Crippen LogP contribution in [0.25, 0.3) is 0 Å². The average Bonchev–Trinajstić information content (AvgIpc) is 2.77. The number of hydrogen-bond donors (Lipinski definition) is 2. The van der Waals surface area contributed by atoms with Gasteiger partial charge in [0.1, 0.15) is 0 Å². The molecule has 2 aromatic carbocycles. The van der Waals surface area contributed by atoms with Gasteiger partial charge >= 0.3 is 5.97 Å². The Hall–Kier alpha value is -2.44. The second-order valence-corrected chi connectivity index (χ2v) is 15.1. The number of carboxylic acids is 1. The van der Waals surface area contributed by atoms with Crippen molar-refractivity contribution in [1.82, 2.24) is 5.32 Å². The summed E-state index contributed by atoms with van der Waals surface area (Å²) in [5.41, 5.74) is 3.94. The minimum Gasteiger partial charge on any atom is -0.481 e. The maximum absolute atomic E-state index is 12.3. The number of carboxylic acid groups (broad SMARTS) is 1. The van der Waals surface area contributed by atoms with Crippen molar-refractivity contribution in [2.75, 3.05) is 13.2 Å². The van der Waals surface area contributed by atoms with E-state index in [9.17, 15) is 14.7 Å². The molecule has 6 heteroatoms. The van der Waals surface area contributed by atoms with Crippen LogP contribution in [0.15, 0.2) is 54.6 Å². The molecule has 0 unspecified atom stereocenters. The summed E-state index contributed by atoms with van der Waals surface area (Å²) in [5, 5.41) is 12.4. The van der Waals surface area contributed by atoms with E-state index in [2.05, 4.69) is 46.9 Å². The molecule has 0 aliphatic carbocycles. The summed E-state index contributed by atoms with van der Waals surface area (Å²) in [7, 11) is -1.89. The largest absolute Gasteiger partial charge is 0.481 e. The first-order chi connectivity index (χ1) is 15.6. The third-order valence-electron chi connectivity index (χ3n) is 6.63. The summed E-state index contributed by atoms with van der Waals surface area (Å²) in [6.07, 6.45) is 0.795. The number of amides is 1. The topological polar surface area (TPSA) is 75.6 Å². The Kier molecular flexibility index (Phi) is 9.86. The molecule has 0 saturated heterocycles. The summed E-state index contributed by atoms with van der Waals surface area (Å²) < 4.78 is 6.64. The van der Waals surface area contributed by atoms with Crippen LogP contribution in [0.2, 0.25) is 16.6 Å². The molecular weight excluding hydrogens is 430 g/mol. The molecule has 0 aliphatic rings. The van der Waals surface area contributed by atoms with Crippen LogP contribution in [0.4, 0.5) is 0 Å². The van der Waals surface area contributed by atoms with E-state index in [0.717, 1.165) is 12.0 Å². The van der Waals surface area contributed by atoms with Gasteiger partial charge in [0.05, 0.1) is 5.92 Å². The minimum absolute atomic E-state index is 0.0385. The number of aliphatic carboxylic acids is 1. The molecule has 1 amide bonds. The minimum atomic E-state index is -1.89. The Bertz CT molecular complexity index is 872. The zero-order valence-corrected chi connectivity index (χ0v) is 21.8. The molecule has 0 bridgehead atoms. The zero-order chi connectivity index (χ0) is 24.6. The van der Waals surface area contributed by atoms with Gasteiger partial charge in [-0.05, 0) is 46.3 Å². The molecular formula is C27H39NO4Si. The van der Waals surface area contributed by atoms with E-state index in [0.29, 0.717) is 34.4 Å². The summed E-state index contributed by atoms with van der Waals surface area (Å²) in [4.78, 5) is 24.1. The van der Waals surface area contributed by atoms with Gasteiger partial charge in [0.25, 0.3) is 5.91 Å². The highest BCUT2D eigenvalue weighted by molar-refractivity contribution is 6.77. The Morgan fingerprint density at radius 3 is 1.91 bits per heavy atom. The fourth-order valence-corrected chi connectivity index (χ4v) is 10.5. The molecule has 0 aliphatic heterocycles. The number of rotatable bonds is 12. The summed E-state index contributed by atoms with van der Waals surface area (Å²) in [6.45, 7) is 14.4. The lowest BCUT2D eigenvalue weighted by Crippen LogP contribution is -2.48. The van der Waals surface area contributed by atoms with E-state index in [4.69, 9.17) is 4.43 Å². The molecule has 0 heterocycles. The summed E-state index contributed by atoms with van der Waals surface area (Å²) >= 11 is 0. The van der Waals surface area contributed by atoms with E-state index in [1.54, 1.807) is 24.3 Å². The van der Waals surface area contributed by atoms with Crippen molar-refractivity contribution in [3.63, 3.8) is 0 Å². The molecule has 0 spiro atoms. The first-order valence-corrected chi connectivity index (χ1v) is 14.0. The van der Waals surface area contributed by atoms with Gasteiger partial charge in [-0.25, -0.2) is 0 Å². The first-order valence-electron chi connectivity index (χ1n) is 11.9. The number of carbonyl (C=O) groups excluding carboxylic acids is 1. The van der Waals surface area contributed by atoms with Crippen LogP contribution in [0, 0.1) is 0 Å². The second-order valence-electron chi connectivity index (χ2n) is 9.62. The maximum Gasteiger partial charge on any atom is 0.312 e. The van der Waals surface area contributed by atoms with Gasteiger partial charge in [0.2, 0.25) is 0 Å². The lowest BCUT2D eigenvalue weighted by Gasteiger charge is -2.42. The maximum atomic E-state index is 12.3. The normalized spacial score (nSPS) is 12.9. The predicted molar refractivity (Wildman–Crippen MR) is 136 cm³/mol. The molecule has 2 rings (SSSR count). The molecule has 1 atom stereocenters. The monoisotopic (exact) mass is 469 g/mol. The zero-order valence-electron chi connectivity index (χ0n) is 20.8. The third-order valence-corrected chi connectivity index (χ3v) is 12.8. The molecule has 33 heavy (non-hydrogen) atoms. The van der Waals surface area contributed by atoms with E-state index < -0.39 is 20.2 Å². The van der Waals surface area contributed by atoms with Crippen molar-refractivity contribution in [2.24, 2.45) is 0 Å². The number of carbonyl (C=O) groups is 2. The van der Waals surface area contributed by atoms with E-state index in [-0.39, 0.29) is 12.5 Å². The fourth-order valence-electron chi connectivity index (χ4n) is 5.00. The van der Waals surface area contributed by atoms with Gasteiger partial charge in [0.15, 0.2) is 8.32 Å². The third kappa shape index (κ3) is 6.78. The average molecular weight is 470 g/mol. The van der Waals surface area contributed by atoms with Crippen LogP contribution in [0.5, 0.6) is 0 Å². The van der Waals surface area contributed by atoms with Gasteiger partial charge in [-0.3, -0.25) is 9.59 Å². The molecule has 0 aromatic heterocycles. The van der Waals surface area contributed by atoms with Crippen LogP contribution in [-0.2, 0) is 15.6 Å². The van der Waals surface area contributed by atoms with Crippen molar-refractivity contribution in [3.8, 4) is 0 Å². The van der Waals surface area contributed by atoms with E-state index >= 15 is 0 Å². The number of nitrogens with one attached hydrogen (secondary N) is 1. The van der Waals surface area contributed by atoms with Gasteiger partial charge in [-0.2, -0.15) is 0 Å². The van der Waals surface area contributed by atoms with E-state index in [1.807, 2.05) is 30.3 Å². The second kappa shape index (κ2) is 12.1. The highest BCUT2D eigenvalue weighted by Crippen LogP contribution is 2.42. The van der Waals surface area contributed by atoms with Gasteiger partial charge < -0.3 is 14.8 Å². The molecule has 2 N–H and O–H groups in total.